The summed E-state index contributed by atoms with van der Waals surface area (Å²) in [5.41, 5.74) is 1.13. The molecule has 2 rings (SSSR count). The van der Waals surface area contributed by atoms with Crippen LogP contribution in [0.5, 0.6) is 5.75 Å². The van der Waals surface area contributed by atoms with E-state index in [0.717, 1.165) is 5.69 Å². The number of aromatic amines is 1. The molecule has 0 bridgehead atoms. The van der Waals surface area contributed by atoms with Gasteiger partial charge >= 0.3 is 0 Å². The van der Waals surface area contributed by atoms with Crippen molar-refractivity contribution in [1.82, 2.24) is 20.5 Å². The highest BCUT2D eigenvalue weighted by atomic mass is 16.3. The summed E-state index contributed by atoms with van der Waals surface area (Å²) in [7, 11) is 0. The van der Waals surface area contributed by atoms with Crippen LogP contribution in [0, 0.1) is 0 Å². The van der Waals surface area contributed by atoms with Gasteiger partial charge in [0, 0.05) is 12.4 Å². The van der Waals surface area contributed by atoms with E-state index in [2.05, 4.69) is 20.5 Å². The molecule has 0 saturated carbocycles. The summed E-state index contributed by atoms with van der Waals surface area (Å²) in [4.78, 5) is 15.3. The molecule has 1 amide bonds. The standard InChI is InChI=1S/C10H10N4O2/c15-9-3-7(4-11-6-9)10(16)12-5-8-1-2-13-14-8/h1-4,6,15H,5H2,(H,12,16)(H,13,14). The molecule has 6 heteroatoms. The Kier molecular flexibility index (Phi) is 2.81. The van der Waals surface area contributed by atoms with E-state index in [0.29, 0.717) is 12.1 Å². The summed E-state index contributed by atoms with van der Waals surface area (Å²) in [6.07, 6.45) is 4.27. The number of aromatic nitrogens is 3. The minimum Gasteiger partial charge on any atom is -0.506 e. The third kappa shape index (κ3) is 2.35. The van der Waals surface area contributed by atoms with Gasteiger partial charge in [-0.15, -0.1) is 0 Å². The highest BCUT2D eigenvalue weighted by molar-refractivity contribution is 5.94. The quantitative estimate of drug-likeness (QED) is 0.697. The molecule has 0 atom stereocenters. The van der Waals surface area contributed by atoms with Gasteiger partial charge in [-0.05, 0) is 12.1 Å². The average molecular weight is 218 g/mol. The third-order valence-electron chi connectivity index (χ3n) is 1.98. The molecule has 0 aliphatic heterocycles. The fourth-order valence-corrected chi connectivity index (χ4v) is 1.21. The molecule has 0 unspecified atom stereocenters. The van der Waals surface area contributed by atoms with Crippen molar-refractivity contribution in [2.45, 2.75) is 6.54 Å². The van der Waals surface area contributed by atoms with Gasteiger partial charge in [0.1, 0.15) is 5.75 Å². The minimum atomic E-state index is -0.294. The van der Waals surface area contributed by atoms with Crippen molar-refractivity contribution in [3.8, 4) is 5.75 Å². The first-order valence-electron chi connectivity index (χ1n) is 4.66. The van der Waals surface area contributed by atoms with Gasteiger partial charge in [0.05, 0.1) is 24.0 Å². The Morgan fingerprint density at radius 3 is 3.06 bits per heavy atom. The van der Waals surface area contributed by atoms with Gasteiger partial charge in [-0.3, -0.25) is 14.9 Å². The lowest BCUT2D eigenvalue weighted by Crippen LogP contribution is -2.23. The topological polar surface area (TPSA) is 90.9 Å². The van der Waals surface area contributed by atoms with Gasteiger partial charge in [0.2, 0.25) is 0 Å². The second-order valence-electron chi connectivity index (χ2n) is 3.20. The van der Waals surface area contributed by atoms with Crippen LogP contribution >= 0.6 is 0 Å². The van der Waals surface area contributed by atoms with E-state index in [-0.39, 0.29) is 11.7 Å². The summed E-state index contributed by atoms with van der Waals surface area (Å²) in [6, 6.07) is 3.12. The first-order valence-corrected chi connectivity index (χ1v) is 4.66. The second-order valence-corrected chi connectivity index (χ2v) is 3.20. The van der Waals surface area contributed by atoms with Crippen LogP contribution in [-0.2, 0) is 6.54 Å². The summed E-state index contributed by atoms with van der Waals surface area (Å²) in [6.45, 7) is 0.356. The first kappa shape index (κ1) is 10.2. The van der Waals surface area contributed by atoms with Crippen LogP contribution < -0.4 is 5.32 Å². The predicted octanol–water partition coefficient (Wildman–Crippen LogP) is 0.440. The van der Waals surface area contributed by atoms with Gasteiger partial charge < -0.3 is 10.4 Å². The molecule has 82 valence electrons. The first-order chi connectivity index (χ1) is 7.75. The molecule has 0 saturated heterocycles. The van der Waals surface area contributed by atoms with Crippen molar-refractivity contribution in [1.29, 1.82) is 0 Å². The van der Waals surface area contributed by atoms with Crippen LogP contribution in [0.1, 0.15) is 16.1 Å². The largest absolute Gasteiger partial charge is 0.506 e. The Balaban J connectivity index is 1.98. The second kappa shape index (κ2) is 4.43. The number of nitrogens with zero attached hydrogens (tertiary/aromatic N) is 2. The molecule has 6 nitrogen and oxygen atoms in total. The maximum Gasteiger partial charge on any atom is 0.253 e. The van der Waals surface area contributed by atoms with Gasteiger partial charge in [0.25, 0.3) is 5.91 Å². The average Bonchev–Trinajstić information content (AvgIpc) is 2.78. The number of hydrogen-bond donors (Lipinski definition) is 3. The molecule has 0 fully saturated rings. The van der Waals surface area contributed by atoms with Gasteiger partial charge in [-0.2, -0.15) is 5.10 Å². The number of pyridine rings is 1. The molecule has 16 heavy (non-hydrogen) atoms. The Bertz CT molecular complexity index is 481. The minimum absolute atomic E-state index is 0.0332. The number of nitrogens with one attached hydrogen (secondary N) is 2. The number of carbonyl (C=O) groups excluding carboxylic acids is 1. The fourth-order valence-electron chi connectivity index (χ4n) is 1.21. The summed E-state index contributed by atoms with van der Waals surface area (Å²) >= 11 is 0. The van der Waals surface area contributed by atoms with Gasteiger partial charge in [0.15, 0.2) is 0 Å². The molecule has 0 aliphatic rings. The number of carbonyl (C=O) groups is 1. The number of H-pyrrole nitrogens is 1. The zero-order valence-corrected chi connectivity index (χ0v) is 8.34. The lowest BCUT2D eigenvalue weighted by Gasteiger charge is -2.03. The molecular formula is C10H10N4O2. The lowest BCUT2D eigenvalue weighted by molar-refractivity contribution is 0.0949. The monoisotopic (exact) mass is 218 g/mol. The van der Waals surface area contributed by atoms with Crippen molar-refractivity contribution in [3.63, 3.8) is 0 Å². The molecule has 0 aromatic carbocycles. The predicted molar refractivity (Wildman–Crippen MR) is 55.7 cm³/mol. The molecule has 0 radical (unpaired) electrons. The van der Waals surface area contributed by atoms with E-state index >= 15 is 0 Å². The maximum atomic E-state index is 11.6. The van der Waals surface area contributed by atoms with E-state index in [4.69, 9.17) is 5.11 Å². The number of rotatable bonds is 3. The van der Waals surface area contributed by atoms with Crippen molar-refractivity contribution < 1.29 is 9.90 Å². The van der Waals surface area contributed by atoms with Gasteiger partial charge in [-0.1, -0.05) is 0 Å². The van der Waals surface area contributed by atoms with Crippen LogP contribution in [0.3, 0.4) is 0 Å². The molecule has 0 spiro atoms. The zero-order chi connectivity index (χ0) is 11.4. The summed E-state index contributed by atoms with van der Waals surface area (Å²) in [5, 5.41) is 18.3. The third-order valence-corrected chi connectivity index (χ3v) is 1.98. The molecule has 2 heterocycles. The van der Waals surface area contributed by atoms with Crippen molar-refractivity contribution >= 4 is 5.91 Å². The fraction of sp³-hybridized carbons (Fsp3) is 0.100. The molecular weight excluding hydrogens is 208 g/mol. The molecule has 2 aromatic heterocycles. The normalized spacial score (nSPS) is 10.0. The van der Waals surface area contributed by atoms with Crippen molar-refractivity contribution in [3.05, 3.63) is 42.0 Å². The van der Waals surface area contributed by atoms with Crippen molar-refractivity contribution in [2.75, 3.05) is 0 Å². The van der Waals surface area contributed by atoms with E-state index in [1.807, 2.05) is 0 Å². The Morgan fingerprint density at radius 1 is 1.50 bits per heavy atom. The Labute approximate surface area is 91.3 Å². The Hall–Kier alpha value is -2.37. The van der Waals surface area contributed by atoms with E-state index < -0.39 is 0 Å². The molecule has 0 aliphatic carbocycles. The Morgan fingerprint density at radius 2 is 2.38 bits per heavy atom. The van der Waals surface area contributed by atoms with Crippen LogP contribution in [-0.4, -0.2) is 26.2 Å². The zero-order valence-electron chi connectivity index (χ0n) is 8.34. The lowest BCUT2D eigenvalue weighted by atomic mass is 10.2. The number of aromatic hydroxyl groups is 1. The maximum absolute atomic E-state index is 11.6. The SMILES string of the molecule is O=C(NCc1ccn[nH]1)c1cncc(O)c1. The number of hydrogen-bond acceptors (Lipinski definition) is 4. The van der Waals surface area contributed by atoms with E-state index in [1.54, 1.807) is 12.3 Å². The van der Waals surface area contributed by atoms with Crippen LogP contribution in [0.15, 0.2) is 30.7 Å². The van der Waals surface area contributed by atoms with Crippen molar-refractivity contribution in [2.24, 2.45) is 0 Å². The van der Waals surface area contributed by atoms with Crippen LogP contribution in [0.4, 0.5) is 0 Å². The summed E-state index contributed by atoms with van der Waals surface area (Å²) < 4.78 is 0. The summed E-state index contributed by atoms with van der Waals surface area (Å²) in [5.74, 6) is -0.327. The molecule has 2 aromatic rings. The van der Waals surface area contributed by atoms with Gasteiger partial charge in [-0.25, -0.2) is 0 Å². The smallest absolute Gasteiger partial charge is 0.253 e. The molecule has 3 N–H and O–H groups in total. The van der Waals surface area contributed by atoms with Crippen LogP contribution in [0.25, 0.3) is 0 Å². The van der Waals surface area contributed by atoms with E-state index in [1.165, 1.54) is 18.5 Å². The highest BCUT2D eigenvalue weighted by Crippen LogP contribution is 2.08. The highest BCUT2D eigenvalue weighted by Gasteiger charge is 2.06. The number of amides is 1. The van der Waals surface area contributed by atoms with E-state index in [9.17, 15) is 4.79 Å². The van der Waals surface area contributed by atoms with Crippen LogP contribution in [0.2, 0.25) is 0 Å².